The van der Waals surface area contributed by atoms with E-state index in [0.29, 0.717) is 12.0 Å². The molecule has 0 saturated carbocycles. The Labute approximate surface area is 193 Å². The average molecular weight is 449 g/mol. The van der Waals surface area contributed by atoms with Crippen molar-refractivity contribution in [3.63, 3.8) is 0 Å². The summed E-state index contributed by atoms with van der Waals surface area (Å²) >= 11 is 0. The zero-order valence-corrected chi connectivity index (χ0v) is 19.3. The van der Waals surface area contributed by atoms with Crippen molar-refractivity contribution in [2.75, 3.05) is 0 Å². The minimum absolute atomic E-state index is 0.0957. The van der Waals surface area contributed by atoms with Crippen molar-refractivity contribution in [3.05, 3.63) is 62.7 Å². The number of hydrogen-bond donors (Lipinski definition) is 0. The molecule has 2 aliphatic rings. The monoisotopic (exact) mass is 448 g/mol. The fourth-order valence-electron chi connectivity index (χ4n) is 5.27. The molecule has 0 saturated heterocycles. The van der Waals surface area contributed by atoms with E-state index in [1.807, 2.05) is 18.2 Å². The first-order valence-electron chi connectivity index (χ1n) is 11.6. The zero-order chi connectivity index (χ0) is 23.8. The number of hydrogen-bond acceptors (Lipinski definition) is 6. The maximum atomic E-state index is 13.1. The first-order chi connectivity index (χ1) is 15.8. The summed E-state index contributed by atoms with van der Waals surface area (Å²) in [6, 6.07) is 9.15. The van der Waals surface area contributed by atoms with E-state index in [4.69, 9.17) is 4.84 Å². The Morgan fingerprint density at radius 1 is 1.06 bits per heavy atom. The quantitative estimate of drug-likeness (QED) is 0.284. The van der Waals surface area contributed by atoms with Gasteiger partial charge in [-0.2, -0.15) is 0 Å². The van der Waals surface area contributed by atoms with Crippen LogP contribution in [0.5, 0.6) is 0 Å². The lowest BCUT2D eigenvalue weighted by molar-refractivity contribution is -0.384. The molecule has 0 N–H and O–H groups in total. The molecule has 0 spiro atoms. The Kier molecular flexibility index (Phi) is 6.15. The Balaban J connectivity index is 1.91. The predicted molar refractivity (Wildman–Crippen MR) is 126 cm³/mol. The summed E-state index contributed by atoms with van der Waals surface area (Å²) in [6.45, 7) is 5.53. The predicted octanol–water partition coefficient (Wildman–Crippen LogP) is 5.90. The molecule has 7 nitrogen and oxygen atoms in total. The third kappa shape index (κ3) is 3.86. The molecule has 2 aromatic carbocycles. The van der Waals surface area contributed by atoms with Gasteiger partial charge in [-0.3, -0.25) is 14.9 Å². The third-order valence-corrected chi connectivity index (χ3v) is 6.84. The SMILES string of the molecule is CCCCC1(CCCC)c2cc([N+](=O)[O-])ccc2-c2cc3c(cc21)C(=O)/C(=N/OC(C)=O)C3. The molecule has 0 bridgehead atoms. The Hall–Kier alpha value is -3.35. The molecular formula is C26H28N2O5. The molecular weight excluding hydrogens is 420 g/mol. The van der Waals surface area contributed by atoms with Gasteiger partial charge < -0.3 is 4.84 Å². The smallest absolute Gasteiger partial charge is 0.318 e. The number of nitro groups is 1. The van der Waals surface area contributed by atoms with Gasteiger partial charge in [0, 0.05) is 36.5 Å². The molecule has 4 rings (SSSR count). The van der Waals surface area contributed by atoms with Crippen LogP contribution in [0.2, 0.25) is 0 Å². The summed E-state index contributed by atoms with van der Waals surface area (Å²) in [7, 11) is 0. The van der Waals surface area contributed by atoms with E-state index < -0.39 is 5.97 Å². The van der Waals surface area contributed by atoms with Crippen LogP contribution in [-0.2, 0) is 21.5 Å². The second-order valence-electron chi connectivity index (χ2n) is 8.96. The summed E-state index contributed by atoms with van der Waals surface area (Å²) in [5, 5.41) is 15.4. The lowest BCUT2D eigenvalue weighted by Gasteiger charge is -2.32. The van der Waals surface area contributed by atoms with Crippen molar-refractivity contribution in [2.24, 2.45) is 5.16 Å². The van der Waals surface area contributed by atoms with Crippen LogP contribution in [0.15, 0.2) is 35.5 Å². The van der Waals surface area contributed by atoms with Gasteiger partial charge >= 0.3 is 5.97 Å². The highest BCUT2D eigenvalue weighted by Crippen LogP contribution is 2.55. The number of fused-ring (bicyclic) bond motifs is 4. The molecule has 0 aliphatic heterocycles. The van der Waals surface area contributed by atoms with Gasteiger partial charge in [0.15, 0.2) is 0 Å². The van der Waals surface area contributed by atoms with Gasteiger partial charge in [0.1, 0.15) is 5.71 Å². The lowest BCUT2D eigenvalue weighted by Crippen LogP contribution is -2.26. The fraction of sp³-hybridized carbons (Fsp3) is 0.423. The number of rotatable bonds is 8. The summed E-state index contributed by atoms with van der Waals surface area (Å²) in [4.78, 5) is 40.2. The maximum Gasteiger partial charge on any atom is 0.331 e. The van der Waals surface area contributed by atoms with Crippen molar-refractivity contribution < 1.29 is 19.3 Å². The van der Waals surface area contributed by atoms with Crippen molar-refractivity contribution in [1.29, 1.82) is 0 Å². The molecule has 0 radical (unpaired) electrons. The minimum Gasteiger partial charge on any atom is -0.318 e. The van der Waals surface area contributed by atoms with Crippen LogP contribution in [0.3, 0.4) is 0 Å². The molecule has 172 valence electrons. The van der Waals surface area contributed by atoms with Crippen LogP contribution in [0.4, 0.5) is 5.69 Å². The Morgan fingerprint density at radius 2 is 1.73 bits per heavy atom. The third-order valence-electron chi connectivity index (χ3n) is 6.84. The van der Waals surface area contributed by atoms with E-state index in [2.05, 4.69) is 19.0 Å². The van der Waals surface area contributed by atoms with Gasteiger partial charge in [-0.15, -0.1) is 0 Å². The number of oxime groups is 1. The number of carbonyl (C=O) groups excluding carboxylic acids is 2. The summed E-state index contributed by atoms with van der Waals surface area (Å²) in [5.74, 6) is -0.793. The first-order valence-corrected chi connectivity index (χ1v) is 11.6. The van der Waals surface area contributed by atoms with E-state index in [1.165, 1.54) is 6.92 Å². The summed E-state index contributed by atoms with van der Waals surface area (Å²) in [5.41, 5.74) is 5.48. The molecule has 0 atom stereocenters. The van der Waals surface area contributed by atoms with Crippen LogP contribution < -0.4 is 0 Å². The van der Waals surface area contributed by atoms with Crippen molar-refractivity contribution >= 4 is 23.2 Å². The van der Waals surface area contributed by atoms with Crippen LogP contribution in [-0.4, -0.2) is 22.4 Å². The van der Waals surface area contributed by atoms with Crippen LogP contribution in [0, 0.1) is 10.1 Å². The number of unbranched alkanes of at least 4 members (excludes halogenated alkanes) is 2. The largest absolute Gasteiger partial charge is 0.331 e. The number of nitro benzene ring substituents is 1. The van der Waals surface area contributed by atoms with Gasteiger partial charge in [0.05, 0.1) is 4.92 Å². The summed E-state index contributed by atoms with van der Waals surface area (Å²) < 4.78 is 0. The minimum atomic E-state index is -0.567. The topological polar surface area (TPSA) is 98.9 Å². The first kappa shape index (κ1) is 22.8. The molecule has 2 aromatic rings. The number of nitrogens with zero attached hydrogens (tertiary/aromatic N) is 2. The molecule has 0 aromatic heterocycles. The average Bonchev–Trinajstić information content (AvgIpc) is 3.25. The molecule has 0 amide bonds. The standard InChI is InChI=1S/C26H28N2O5/c1-4-6-10-26(11-7-5-2)22-14-18(28(31)32)8-9-19(22)21-12-17-13-24(27-33-16(3)29)25(30)20(17)15-23(21)26/h8-9,12,14-15H,4-7,10-11,13H2,1-3H3/b27-24+. The van der Waals surface area contributed by atoms with Crippen LogP contribution >= 0.6 is 0 Å². The zero-order valence-electron chi connectivity index (χ0n) is 19.3. The lowest BCUT2D eigenvalue weighted by atomic mass is 9.70. The van der Waals surface area contributed by atoms with Crippen molar-refractivity contribution in [1.82, 2.24) is 0 Å². The van der Waals surface area contributed by atoms with Gasteiger partial charge in [-0.1, -0.05) is 44.7 Å². The number of carbonyl (C=O) groups is 2. The highest BCUT2D eigenvalue weighted by molar-refractivity contribution is 6.49. The van der Waals surface area contributed by atoms with E-state index >= 15 is 0 Å². The van der Waals surface area contributed by atoms with Crippen LogP contribution in [0.1, 0.15) is 86.3 Å². The molecule has 0 fully saturated rings. The second-order valence-corrected chi connectivity index (χ2v) is 8.96. The van der Waals surface area contributed by atoms with Gasteiger partial charge in [-0.05, 0) is 58.9 Å². The Morgan fingerprint density at radius 3 is 2.33 bits per heavy atom. The van der Waals surface area contributed by atoms with E-state index in [1.54, 1.807) is 12.1 Å². The number of ketones is 1. The normalized spacial score (nSPS) is 16.5. The van der Waals surface area contributed by atoms with Crippen LogP contribution in [0.25, 0.3) is 11.1 Å². The van der Waals surface area contributed by atoms with E-state index in [0.717, 1.165) is 66.3 Å². The van der Waals surface area contributed by atoms with Gasteiger partial charge in [-0.25, -0.2) is 4.79 Å². The van der Waals surface area contributed by atoms with Crippen molar-refractivity contribution in [3.8, 4) is 11.1 Å². The maximum absolute atomic E-state index is 13.1. The summed E-state index contributed by atoms with van der Waals surface area (Å²) in [6.07, 6.45) is 6.02. The number of Topliss-reactive ketones (excluding diaryl/α,β-unsaturated/α-hetero) is 1. The molecule has 7 heteroatoms. The Bertz CT molecular complexity index is 1170. The van der Waals surface area contributed by atoms with E-state index in [9.17, 15) is 19.7 Å². The van der Waals surface area contributed by atoms with Gasteiger partial charge in [0.2, 0.25) is 5.78 Å². The highest BCUT2D eigenvalue weighted by Gasteiger charge is 2.44. The molecule has 0 unspecified atom stereocenters. The molecule has 33 heavy (non-hydrogen) atoms. The molecule has 2 aliphatic carbocycles. The number of non-ortho nitro benzene ring substituents is 1. The highest BCUT2D eigenvalue weighted by atomic mass is 16.7. The van der Waals surface area contributed by atoms with Crippen molar-refractivity contribution in [2.45, 2.75) is 71.1 Å². The van der Waals surface area contributed by atoms with Gasteiger partial charge in [0.25, 0.3) is 5.69 Å². The molecule has 0 heterocycles. The van der Waals surface area contributed by atoms with E-state index in [-0.39, 0.29) is 27.5 Å². The fourth-order valence-corrected chi connectivity index (χ4v) is 5.27. The number of benzene rings is 2. The second kappa shape index (κ2) is 8.89.